The number of aryl methyl sites for hydroxylation is 1. The molecule has 3 heterocycles. The molecule has 250 valence electrons. The summed E-state index contributed by atoms with van der Waals surface area (Å²) in [6.45, 7) is 5.61. The highest BCUT2D eigenvalue weighted by molar-refractivity contribution is 6.00. The lowest BCUT2D eigenvalue weighted by molar-refractivity contribution is -0.137. The first kappa shape index (κ1) is 32.0. The van der Waals surface area contributed by atoms with Gasteiger partial charge in [-0.1, -0.05) is 49.8 Å². The molecule has 10 heteroatoms. The number of benzene rings is 3. The molecule has 48 heavy (non-hydrogen) atoms. The maximum Gasteiger partial charge on any atom is 0.416 e. The fourth-order valence-corrected chi connectivity index (χ4v) is 7.09. The van der Waals surface area contributed by atoms with Crippen LogP contribution in [0, 0.1) is 11.8 Å². The Labute approximate surface area is 277 Å². The van der Waals surface area contributed by atoms with E-state index in [2.05, 4.69) is 29.7 Å². The Morgan fingerprint density at radius 3 is 2.40 bits per heavy atom. The molecule has 2 aliphatic rings. The van der Waals surface area contributed by atoms with Crippen molar-refractivity contribution in [1.82, 2.24) is 19.0 Å². The van der Waals surface area contributed by atoms with Crippen molar-refractivity contribution in [3.63, 3.8) is 0 Å². The fraction of sp³-hybridized carbons (Fsp3) is 0.368. The lowest BCUT2D eigenvalue weighted by Crippen LogP contribution is -2.41. The first-order valence-corrected chi connectivity index (χ1v) is 16.6. The minimum Gasteiger partial charge on any atom is -0.494 e. The van der Waals surface area contributed by atoms with Crippen molar-refractivity contribution in [1.29, 1.82) is 0 Å². The van der Waals surface area contributed by atoms with Gasteiger partial charge in [-0.2, -0.15) is 13.2 Å². The number of carbonyl (C=O) groups is 1. The van der Waals surface area contributed by atoms with Gasteiger partial charge in [-0.25, -0.2) is 4.98 Å². The predicted molar refractivity (Wildman–Crippen MR) is 184 cm³/mol. The zero-order valence-corrected chi connectivity index (χ0v) is 27.6. The van der Waals surface area contributed by atoms with Crippen LogP contribution >= 0.6 is 0 Å². The number of alkyl halides is 3. The van der Waals surface area contributed by atoms with E-state index in [1.165, 1.54) is 25.0 Å². The second-order valence-electron chi connectivity index (χ2n) is 13.3. The Morgan fingerprint density at radius 2 is 1.75 bits per heavy atom. The number of nitrogens with two attached hydrogens (primary N) is 1. The quantitative estimate of drug-likeness (QED) is 0.172. The van der Waals surface area contributed by atoms with Crippen molar-refractivity contribution >= 4 is 40.0 Å². The number of hydrogen-bond donors (Lipinski definition) is 1. The van der Waals surface area contributed by atoms with Crippen LogP contribution in [-0.2, 0) is 19.8 Å². The smallest absolute Gasteiger partial charge is 0.416 e. The summed E-state index contributed by atoms with van der Waals surface area (Å²) in [6, 6.07) is 17.1. The Bertz CT molecular complexity index is 2040. The third-order valence-electron chi connectivity index (χ3n) is 10.2. The van der Waals surface area contributed by atoms with Gasteiger partial charge in [-0.3, -0.25) is 4.79 Å². The number of hydrogen-bond acceptors (Lipinski definition) is 4. The molecule has 1 saturated heterocycles. The summed E-state index contributed by atoms with van der Waals surface area (Å²) in [5.41, 5.74) is 11.5. The molecule has 2 N–H and O–H groups in total. The van der Waals surface area contributed by atoms with E-state index in [-0.39, 0.29) is 23.9 Å². The fourth-order valence-electron chi connectivity index (χ4n) is 7.09. The van der Waals surface area contributed by atoms with E-state index in [0.29, 0.717) is 34.9 Å². The molecule has 0 bridgehead atoms. The monoisotopic (exact) mass is 655 g/mol. The van der Waals surface area contributed by atoms with Crippen molar-refractivity contribution in [2.75, 3.05) is 13.7 Å². The number of likely N-dealkylation sites (tertiary alicyclic amines) is 1. The molecule has 2 fully saturated rings. The molecular formula is C38H40F3N5O2. The zero-order valence-electron chi connectivity index (χ0n) is 27.6. The van der Waals surface area contributed by atoms with Crippen LogP contribution in [0.4, 0.5) is 13.2 Å². The average Bonchev–Trinajstić information content (AvgIpc) is 3.66. The molecule has 3 aromatic carbocycles. The molecule has 5 aromatic rings. The number of carbonyl (C=O) groups excluding carboxylic acids is 1. The molecule has 0 spiro atoms. The van der Waals surface area contributed by atoms with Gasteiger partial charge in [0.2, 0.25) is 0 Å². The number of rotatable bonds is 8. The second kappa shape index (κ2) is 12.1. The number of amides is 1. The van der Waals surface area contributed by atoms with Crippen LogP contribution in [0.15, 0.2) is 60.7 Å². The van der Waals surface area contributed by atoms with Crippen molar-refractivity contribution in [3.8, 4) is 17.3 Å². The van der Waals surface area contributed by atoms with Gasteiger partial charge in [0, 0.05) is 48.7 Å². The normalized spacial score (nSPS) is 20.1. The van der Waals surface area contributed by atoms with Gasteiger partial charge < -0.3 is 24.5 Å². The third kappa shape index (κ3) is 5.76. The molecule has 3 atom stereocenters. The Kier molecular flexibility index (Phi) is 8.10. The highest BCUT2D eigenvalue weighted by Gasteiger charge is 2.39. The Balaban J connectivity index is 1.26. The molecule has 1 amide bonds. The van der Waals surface area contributed by atoms with Gasteiger partial charge in [0.25, 0.3) is 5.91 Å². The molecule has 1 aliphatic carbocycles. The van der Waals surface area contributed by atoms with E-state index in [4.69, 9.17) is 15.5 Å². The van der Waals surface area contributed by atoms with Crippen molar-refractivity contribution in [3.05, 3.63) is 82.9 Å². The van der Waals surface area contributed by atoms with E-state index >= 15 is 0 Å². The molecule has 0 radical (unpaired) electrons. The summed E-state index contributed by atoms with van der Waals surface area (Å²) in [6.07, 6.45) is 2.66. The minimum atomic E-state index is -4.36. The largest absolute Gasteiger partial charge is 0.494 e. The summed E-state index contributed by atoms with van der Waals surface area (Å²) in [7, 11) is 3.58. The summed E-state index contributed by atoms with van der Waals surface area (Å²) < 4.78 is 49.2. The highest BCUT2D eigenvalue weighted by atomic mass is 19.4. The number of fused-ring (bicyclic) bond motifs is 2. The van der Waals surface area contributed by atoms with Crippen LogP contribution in [0.25, 0.3) is 45.6 Å². The molecule has 7 nitrogen and oxygen atoms in total. The average molecular weight is 656 g/mol. The second-order valence-corrected chi connectivity index (χ2v) is 13.3. The molecule has 1 saturated carbocycles. The first-order valence-electron chi connectivity index (χ1n) is 16.6. The van der Waals surface area contributed by atoms with Gasteiger partial charge >= 0.3 is 6.18 Å². The van der Waals surface area contributed by atoms with Gasteiger partial charge in [-0.05, 0) is 79.1 Å². The number of halogens is 3. The van der Waals surface area contributed by atoms with Gasteiger partial charge in [0.15, 0.2) is 5.82 Å². The minimum absolute atomic E-state index is 0.0553. The number of methoxy groups -OCH3 is 1. The molecule has 2 aromatic heterocycles. The Morgan fingerprint density at radius 1 is 1.04 bits per heavy atom. The number of nitrogens with zero attached hydrogens (tertiary/aromatic N) is 4. The molecule has 1 aliphatic heterocycles. The topological polar surface area (TPSA) is 78.3 Å². The van der Waals surface area contributed by atoms with Crippen LogP contribution in [-0.4, -0.2) is 50.7 Å². The van der Waals surface area contributed by atoms with E-state index in [0.717, 1.165) is 58.6 Å². The van der Waals surface area contributed by atoms with Crippen molar-refractivity contribution < 1.29 is 22.7 Å². The molecule has 7 rings (SSSR count). The summed E-state index contributed by atoms with van der Waals surface area (Å²) in [5, 5.41) is 1.07. The predicted octanol–water partition coefficient (Wildman–Crippen LogP) is 8.00. The van der Waals surface area contributed by atoms with Crippen molar-refractivity contribution in [2.24, 2.45) is 24.6 Å². The van der Waals surface area contributed by atoms with Crippen LogP contribution in [0.5, 0.6) is 5.75 Å². The maximum absolute atomic E-state index is 13.8. The molecular weight excluding hydrogens is 615 g/mol. The first-order chi connectivity index (χ1) is 23.0. The SMILES string of the molecule is CC[C@@H]1CN(C(=O)c2cc(OC)c3c(c2)nc(-c2cc4ccc(/C=C/c5ccc(C(F)(F)F)cc5)cc4n2CC2CC2)n3C)[C@H](C)[C@H]1N. The van der Waals surface area contributed by atoms with Crippen LogP contribution in [0.1, 0.15) is 60.2 Å². The maximum atomic E-state index is 13.8. The third-order valence-corrected chi connectivity index (χ3v) is 10.2. The van der Waals surface area contributed by atoms with E-state index in [9.17, 15) is 18.0 Å². The van der Waals surface area contributed by atoms with E-state index in [1.54, 1.807) is 7.11 Å². The summed E-state index contributed by atoms with van der Waals surface area (Å²) in [4.78, 5) is 20.8. The van der Waals surface area contributed by atoms with Gasteiger partial charge in [-0.15, -0.1) is 0 Å². The summed E-state index contributed by atoms with van der Waals surface area (Å²) >= 11 is 0. The number of aromatic nitrogens is 3. The summed E-state index contributed by atoms with van der Waals surface area (Å²) in [5.74, 6) is 2.14. The lowest BCUT2D eigenvalue weighted by atomic mass is 9.98. The van der Waals surface area contributed by atoms with E-state index in [1.807, 2.05) is 53.8 Å². The lowest BCUT2D eigenvalue weighted by Gasteiger charge is -2.23. The molecule has 0 unspecified atom stereocenters. The number of imidazole rings is 1. The Hall–Kier alpha value is -4.57. The van der Waals surface area contributed by atoms with Crippen molar-refractivity contribution in [2.45, 2.75) is 57.9 Å². The highest BCUT2D eigenvalue weighted by Crippen LogP contribution is 2.39. The van der Waals surface area contributed by atoms with Gasteiger partial charge in [0.05, 0.1) is 23.9 Å². The standard InChI is InChI=1S/C38H40F3N5O2/c1-5-26-21-45(22(2)34(26)42)37(47)28-17-30-35(33(19-28)48-4)44(3)36(43-30)32-18-27-13-10-24(16-31(27)46(32)20-25-8-9-25)7-6-23-11-14-29(15-12-23)38(39,40)41/h6-7,10-19,22,25-26,34H,5,8-9,20-21,42H2,1-4H3/b7-6+/t22-,26-,34-/m1/s1. The zero-order chi connectivity index (χ0) is 33.9. The van der Waals surface area contributed by atoms with E-state index < -0.39 is 11.7 Å². The van der Waals surface area contributed by atoms with Crippen LogP contribution < -0.4 is 10.5 Å². The van der Waals surface area contributed by atoms with Crippen LogP contribution in [0.2, 0.25) is 0 Å². The van der Waals surface area contributed by atoms with Gasteiger partial charge in [0.1, 0.15) is 11.3 Å². The van der Waals surface area contributed by atoms with Crippen LogP contribution in [0.3, 0.4) is 0 Å². The number of ether oxygens (including phenoxy) is 1.